The summed E-state index contributed by atoms with van der Waals surface area (Å²) in [6.07, 6.45) is 0. The van der Waals surface area contributed by atoms with E-state index in [1.807, 2.05) is 18.2 Å². The number of carbonyl (C=O) groups is 1. The molecule has 29 heavy (non-hydrogen) atoms. The standard InChI is InChI=1S/C21H19ClN2O3S2/c22-16-6-8-18(9-7-16)29(26,27)20-11-10-19(28-20)21(25)24-14-12-23(13-15-24)17-4-2-1-3-5-17/h1-11H,12-15H2. The summed E-state index contributed by atoms with van der Waals surface area (Å²) in [6.45, 7) is 2.70. The van der Waals surface area contributed by atoms with Crippen LogP contribution >= 0.6 is 22.9 Å². The lowest BCUT2D eigenvalue weighted by molar-refractivity contribution is 0.0751. The van der Waals surface area contributed by atoms with Gasteiger partial charge in [0.05, 0.1) is 9.77 Å². The van der Waals surface area contributed by atoms with Gasteiger partial charge in [-0.05, 0) is 48.5 Å². The van der Waals surface area contributed by atoms with Crippen molar-refractivity contribution in [3.63, 3.8) is 0 Å². The smallest absolute Gasteiger partial charge is 0.264 e. The summed E-state index contributed by atoms with van der Waals surface area (Å²) in [5.41, 5.74) is 1.15. The molecule has 0 N–H and O–H groups in total. The number of hydrogen-bond acceptors (Lipinski definition) is 5. The van der Waals surface area contributed by atoms with Gasteiger partial charge in [-0.2, -0.15) is 0 Å². The van der Waals surface area contributed by atoms with Crippen molar-refractivity contribution in [1.29, 1.82) is 0 Å². The minimum Gasteiger partial charge on any atom is -0.368 e. The summed E-state index contributed by atoms with van der Waals surface area (Å²) in [5, 5.41) is 0.473. The fraction of sp³-hybridized carbons (Fsp3) is 0.190. The summed E-state index contributed by atoms with van der Waals surface area (Å²) in [6, 6.07) is 19.2. The molecule has 2 heterocycles. The van der Waals surface area contributed by atoms with Gasteiger partial charge in [-0.15, -0.1) is 11.3 Å². The third kappa shape index (κ3) is 4.17. The number of anilines is 1. The molecule has 8 heteroatoms. The van der Waals surface area contributed by atoms with E-state index in [0.717, 1.165) is 30.1 Å². The molecular formula is C21H19ClN2O3S2. The van der Waals surface area contributed by atoms with Crippen LogP contribution in [0.4, 0.5) is 5.69 Å². The number of piperazine rings is 1. The first kappa shape index (κ1) is 19.9. The lowest BCUT2D eigenvalue weighted by atomic mass is 10.2. The zero-order chi connectivity index (χ0) is 20.4. The van der Waals surface area contributed by atoms with Gasteiger partial charge in [0.2, 0.25) is 9.84 Å². The molecule has 1 aromatic heterocycles. The van der Waals surface area contributed by atoms with E-state index < -0.39 is 9.84 Å². The minimum atomic E-state index is -3.66. The van der Waals surface area contributed by atoms with E-state index in [4.69, 9.17) is 11.6 Å². The van der Waals surface area contributed by atoms with Crippen molar-refractivity contribution in [2.24, 2.45) is 0 Å². The summed E-state index contributed by atoms with van der Waals surface area (Å²) in [5.74, 6) is -0.125. The Bertz CT molecular complexity index is 1100. The van der Waals surface area contributed by atoms with Crippen molar-refractivity contribution < 1.29 is 13.2 Å². The highest BCUT2D eigenvalue weighted by Gasteiger charge is 2.26. The van der Waals surface area contributed by atoms with E-state index in [1.54, 1.807) is 23.1 Å². The zero-order valence-electron chi connectivity index (χ0n) is 15.5. The van der Waals surface area contributed by atoms with Crippen molar-refractivity contribution >= 4 is 44.4 Å². The highest BCUT2D eigenvalue weighted by molar-refractivity contribution is 7.93. The van der Waals surface area contributed by atoms with Gasteiger partial charge in [-0.3, -0.25) is 4.79 Å². The van der Waals surface area contributed by atoms with Crippen molar-refractivity contribution in [3.8, 4) is 0 Å². The number of halogens is 1. The van der Waals surface area contributed by atoms with Crippen molar-refractivity contribution in [2.45, 2.75) is 9.10 Å². The van der Waals surface area contributed by atoms with Crippen LogP contribution in [0.25, 0.3) is 0 Å². The molecule has 0 radical (unpaired) electrons. The lowest BCUT2D eigenvalue weighted by Crippen LogP contribution is -2.48. The molecule has 0 atom stereocenters. The second kappa shape index (κ2) is 8.18. The quantitative estimate of drug-likeness (QED) is 0.602. The van der Waals surface area contributed by atoms with Crippen LogP contribution in [0.15, 0.2) is 75.8 Å². The molecule has 0 aliphatic carbocycles. The van der Waals surface area contributed by atoms with E-state index in [1.165, 1.54) is 18.2 Å². The molecule has 1 aliphatic rings. The monoisotopic (exact) mass is 446 g/mol. The summed E-state index contributed by atoms with van der Waals surface area (Å²) in [4.78, 5) is 17.5. The Morgan fingerprint density at radius 1 is 0.862 bits per heavy atom. The van der Waals surface area contributed by atoms with Crippen LogP contribution in [0.2, 0.25) is 5.02 Å². The predicted octanol–water partition coefficient (Wildman–Crippen LogP) is 4.20. The maximum absolute atomic E-state index is 12.9. The number of amides is 1. The fourth-order valence-corrected chi connectivity index (χ4v) is 6.07. The first-order chi connectivity index (χ1) is 13.9. The molecule has 150 valence electrons. The van der Waals surface area contributed by atoms with Gasteiger partial charge in [-0.25, -0.2) is 8.42 Å². The van der Waals surface area contributed by atoms with Gasteiger partial charge >= 0.3 is 0 Å². The molecule has 1 saturated heterocycles. The molecule has 0 unspecified atom stereocenters. The summed E-state index contributed by atoms with van der Waals surface area (Å²) >= 11 is 6.86. The van der Waals surface area contributed by atoms with Crippen LogP contribution < -0.4 is 4.90 Å². The van der Waals surface area contributed by atoms with E-state index in [2.05, 4.69) is 17.0 Å². The molecule has 2 aromatic carbocycles. The van der Waals surface area contributed by atoms with Crippen LogP contribution in [0.5, 0.6) is 0 Å². The molecule has 1 amide bonds. The Labute approximate surface area is 179 Å². The number of carbonyl (C=O) groups excluding carboxylic acids is 1. The average Bonchev–Trinajstić information content (AvgIpc) is 3.25. The van der Waals surface area contributed by atoms with Gasteiger partial charge in [0.1, 0.15) is 4.21 Å². The Morgan fingerprint density at radius 3 is 2.17 bits per heavy atom. The molecule has 1 aliphatic heterocycles. The molecule has 5 nitrogen and oxygen atoms in total. The largest absolute Gasteiger partial charge is 0.368 e. The van der Waals surface area contributed by atoms with Gasteiger partial charge in [0.25, 0.3) is 5.91 Å². The molecule has 1 fully saturated rings. The number of thiophene rings is 1. The average molecular weight is 447 g/mol. The van der Waals surface area contributed by atoms with E-state index in [9.17, 15) is 13.2 Å². The van der Waals surface area contributed by atoms with Gasteiger partial charge in [0.15, 0.2) is 0 Å². The SMILES string of the molecule is O=C(c1ccc(S(=O)(=O)c2ccc(Cl)cc2)s1)N1CCN(c2ccccc2)CC1. The number of sulfone groups is 1. The summed E-state index contributed by atoms with van der Waals surface area (Å²) in [7, 11) is -3.66. The van der Waals surface area contributed by atoms with Crippen LogP contribution in [-0.4, -0.2) is 45.4 Å². The van der Waals surface area contributed by atoms with E-state index >= 15 is 0 Å². The van der Waals surface area contributed by atoms with Crippen molar-refractivity contribution in [1.82, 2.24) is 4.90 Å². The predicted molar refractivity (Wildman–Crippen MR) is 116 cm³/mol. The van der Waals surface area contributed by atoms with Gasteiger partial charge in [0, 0.05) is 36.9 Å². The number of nitrogens with zero attached hydrogens (tertiary/aromatic N) is 2. The zero-order valence-corrected chi connectivity index (χ0v) is 17.9. The molecule has 0 bridgehead atoms. The highest BCUT2D eigenvalue weighted by atomic mass is 35.5. The van der Waals surface area contributed by atoms with Crippen molar-refractivity contribution in [2.75, 3.05) is 31.1 Å². The van der Waals surface area contributed by atoms with Crippen LogP contribution in [-0.2, 0) is 9.84 Å². The molecule has 0 spiro atoms. The van der Waals surface area contributed by atoms with Gasteiger partial charge < -0.3 is 9.80 Å². The molecule has 4 rings (SSSR count). The van der Waals surface area contributed by atoms with Crippen LogP contribution in [0, 0.1) is 0 Å². The molecule has 0 saturated carbocycles. The first-order valence-electron chi connectivity index (χ1n) is 9.15. The van der Waals surface area contributed by atoms with E-state index in [0.29, 0.717) is 23.0 Å². The number of benzene rings is 2. The maximum atomic E-state index is 12.9. The molecule has 3 aromatic rings. The van der Waals surface area contributed by atoms with Gasteiger partial charge in [-0.1, -0.05) is 29.8 Å². The maximum Gasteiger partial charge on any atom is 0.264 e. The Hall–Kier alpha value is -2.35. The van der Waals surface area contributed by atoms with Crippen LogP contribution in [0.1, 0.15) is 9.67 Å². The third-order valence-electron chi connectivity index (χ3n) is 4.87. The van der Waals surface area contributed by atoms with Crippen molar-refractivity contribution in [3.05, 3.63) is 76.6 Å². The highest BCUT2D eigenvalue weighted by Crippen LogP contribution is 2.29. The number of para-hydroxylation sites is 1. The second-order valence-electron chi connectivity index (χ2n) is 6.69. The number of rotatable bonds is 4. The second-order valence-corrected chi connectivity index (χ2v) is 10.4. The summed E-state index contributed by atoms with van der Waals surface area (Å²) < 4.78 is 25.7. The Kier molecular flexibility index (Phi) is 5.63. The topological polar surface area (TPSA) is 57.7 Å². The first-order valence-corrected chi connectivity index (χ1v) is 11.8. The Morgan fingerprint density at radius 2 is 1.52 bits per heavy atom. The third-order valence-corrected chi connectivity index (χ3v) is 8.46. The molecular weight excluding hydrogens is 428 g/mol. The fourth-order valence-electron chi connectivity index (χ4n) is 3.27. The lowest BCUT2D eigenvalue weighted by Gasteiger charge is -2.35. The minimum absolute atomic E-state index is 0.125. The Balaban J connectivity index is 1.46. The van der Waals surface area contributed by atoms with Crippen LogP contribution in [0.3, 0.4) is 0 Å². The number of hydrogen-bond donors (Lipinski definition) is 0. The normalized spacial score (nSPS) is 14.8. The van der Waals surface area contributed by atoms with E-state index in [-0.39, 0.29) is 15.0 Å².